The second kappa shape index (κ2) is 7.24. The number of nitriles is 1. The van der Waals surface area contributed by atoms with Gasteiger partial charge in [-0.15, -0.1) is 0 Å². The van der Waals surface area contributed by atoms with Crippen LogP contribution in [-0.2, 0) is 6.18 Å². The molecule has 0 aliphatic carbocycles. The molecule has 0 aromatic carbocycles. The van der Waals surface area contributed by atoms with Gasteiger partial charge in [0.05, 0.1) is 23.2 Å². The minimum absolute atomic E-state index is 0.0538. The normalized spacial score (nSPS) is 19.9. The van der Waals surface area contributed by atoms with Gasteiger partial charge in [-0.05, 0) is 25.1 Å². The Balaban J connectivity index is 1.62. The summed E-state index contributed by atoms with van der Waals surface area (Å²) in [4.78, 5) is 14.9. The molecule has 0 amide bonds. The van der Waals surface area contributed by atoms with E-state index in [1.54, 1.807) is 6.07 Å². The lowest BCUT2D eigenvalue weighted by Crippen LogP contribution is -2.47. The van der Waals surface area contributed by atoms with E-state index < -0.39 is 11.7 Å². The summed E-state index contributed by atoms with van der Waals surface area (Å²) in [6.07, 6.45) is -2.40. The molecule has 2 aliphatic heterocycles. The first-order valence-corrected chi connectivity index (χ1v) is 8.97. The molecule has 4 rings (SSSR count). The van der Waals surface area contributed by atoms with Crippen molar-refractivity contribution < 1.29 is 13.2 Å². The van der Waals surface area contributed by atoms with Gasteiger partial charge in [-0.3, -0.25) is 0 Å². The van der Waals surface area contributed by atoms with Crippen LogP contribution in [0.15, 0.2) is 24.4 Å². The van der Waals surface area contributed by atoms with Crippen molar-refractivity contribution >= 4 is 17.6 Å². The van der Waals surface area contributed by atoms with Gasteiger partial charge in [-0.2, -0.15) is 23.4 Å². The van der Waals surface area contributed by atoms with E-state index in [0.29, 0.717) is 24.9 Å². The van der Waals surface area contributed by atoms with Crippen LogP contribution in [0.2, 0.25) is 0 Å². The topological polar surface area (TPSA) is 89.8 Å². The van der Waals surface area contributed by atoms with Crippen LogP contribution in [0, 0.1) is 17.2 Å². The molecule has 2 aromatic rings. The maximum absolute atomic E-state index is 12.9. The smallest absolute Gasteiger partial charge is 0.338 e. The molecule has 2 fully saturated rings. The Labute approximate surface area is 159 Å². The summed E-state index contributed by atoms with van der Waals surface area (Å²) >= 11 is 0. The average Bonchev–Trinajstić information content (AvgIpc) is 3.15. The van der Waals surface area contributed by atoms with Crippen molar-refractivity contribution in [3.8, 4) is 6.07 Å². The first kappa shape index (κ1) is 18.4. The zero-order chi connectivity index (χ0) is 19.7. The Hall–Kier alpha value is -2.93. The predicted molar refractivity (Wildman–Crippen MR) is 96.1 cm³/mol. The van der Waals surface area contributed by atoms with Gasteiger partial charge < -0.3 is 15.5 Å². The lowest BCUT2D eigenvalue weighted by Gasteiger charge is -2.35. The number of rotatable bonds is 4. The number of alkyl halides is 3. The van der Waals surface area contributed by atoms with Crippen molar-refractivity contribution in [2.45, 2.75) is 18.5 Å². The molecule has 4 heterocycles. The van der Waals surface area contributed by atoms with Crippen molar-refractivity contribution in [2.24, 2.45) is 5.92 Å². The number of nitrogens with zero attached hydrogens (tertiary/aromatic N) is 5. The summed E-state index contributed by atoms with van der Waals surface area (Å²) in [5.41, 5.74) is 0.0454. The average molecular weight is 389 g/mol. The van der Waals surface area contributed by atoms with Crippen molar-refractivity contribution in [3.05, 3.63) is 35.7 Å². The molecule has 0 spiro atoms. The highest BCUT2D eigenvalue weighted by Gasteiger charge is 2.32. The molecule has 1 atom stereocenters. The third kappa shape index (κ3) is 3.84. The van der Waals surface area contributed by atoms with Crippen molar-refractivity contribution in [1.29, 1.82) is 5.26 Å². The number of aromatic nitrogens is 3. The van der Waals surface area contributed by atoms with Gasteiger partial charge >= 0.3 is 6.18 Å². The second-order valence-corrected chi connectivity index (χ2v) is 6.95. The molecule has 7 nitrogen and oxygen atoms in total. The molecule has 10 heteroatoms. The number of anilines is 3. The lowest BCUT2D eigenvalue weighted by atomic mass is 10.0. The highest BCUT2D eigenvalue weighted by molar-refractivity contribution is 5.56. The van der Waals surface area contributed by atoms with Crippen LogP contribution in [-0.4, -0.2) is 41.1 Å². The predicted octanol–water partition coefficient (Wildman–Crippen LogP) is 2.67. The summed E-state index contributed by atoms with van der Waals surface area (Å²) in [5, 5.41) is 15.1. The lowest BCUT2D eigenvalue weighted by molar-refractivity contribution is -0.137. The number of pyridine rings is 1. The van der Waals surface area contributed by atoms with Crippen molar-refractivity contribution in [2.75, 3.05) is 36.4 Å². The molecule has 2 saturated heterocycles. The van der Waals surface area contributed by atoms with Gasteiger partial charge in [0.15, 0.2) is 0 Å². The maximum atomic E-state index is 12.9. The summed E-state index contributed by atoms with van der Waals surface area (Å²) in [6, 6.07) is 5.84. The highest BCUT2D eigenvalue weighted by Crippen LogP contribution is 2.32. The van der Waals surface area contributed by atoms with E-state index in [1.807, 2.05) is 4.90 Å². The summed E-state index contributed by atoms with van der Waals surface area (Å²) in [5.74, 6) is 1.09. The van der Waals surface area contributed by atoms with Crippen LogP contribution >= 0.6 is 0 Å². The van der Waals surface area contributed by atoms with Crippen LogP contribution in [0.25, 0.3) is 0 Å². The van der Waals surface area contributed by atoms with Crippen LogP contribution < -0.4 is 15.5 Å². The van der Waals surface area contributed by atoms with Crippen molar-refractivity contribution in [1.82, 2.24) is 20.3 Å². The minimum atomic E-state index is -4.44. The molecule has 0 saturated carbocycles. The minimum Gasteiger partial charge on any atom is -0.338 e. The van der Waals surface area contributed by atoms with E-state index in [4.69, 9.17) is 5.26 Å². The molecule has 2 aliphatic rings. The van der Waals surface area contributed by atoms with E-state index in [1.165, 1.54) is 0 Å². The Morgan fingerprint density at radius 2 is 2.04 bits per heavy atom. The molecule has 2 N–H and O–H groups in total. The Kier molecular flexibility index (Phi) is 4.77. The fourth-order valence-electron chi connectivity index (χ4n) is 3.30. The maximum Gasteiger partial charge on any atom is 0.416 e. The third-order valence-electron chi connectivity index (χ3n) is 4.90. The summed E-state index contributed by atoms with van der Waals surface area (Å²) < 4.78 is 38.8. The first-order chi connectivity index (χ1) is 13.4. The SMILES string of the molecule is N#CC1CN(c2nc(Nc3cc(C(F)(F)F)ccn3)cc(C3CCNC3)n2)C1. The number of hydrogen-bond acceptors (Lipinski definition) is 7. The Morgan fingerprint density at radius 3 is 2.71 bits per heavy atom. The second-order valence-electron chi connectivity index (χ2n) is 6.95. The summed E-state index contributed by atoms with van der Waals surface area (Å²) in [7, 11) is 0. The molecule has 0 bridgehead atoms. The van der Waals surface area contributed by atoms with E-state index in [0.717, 1.165) is 43.5 Å². The van der Waals surface area contributed by atoms with Gasteiger partial charge in [-0.1, -0.05) is 0 Å². The number of halogens is 3. The molecule has 146 valence electrons. The van der Waals surface area contributed by atoms with Gasteiger partial charge in [0.25, 0.3) is 0 Å². The van der Waals surface area contributed by atoms with Crippen LogP contribution in [0.5, 0.6) is 0 Å². The van der Waals surface area contributed by atoms with Gasteiger partial charge in [-0.25, -0.2) is 9.97 Å². The molecular formula is C18H18F3N7. The Bertz CT molecular complexity index is 897. The zero-order valence-corrected chi connectivity index (χ0v) is 14.9. The quantitative estimate of drug-likeness (QED) is 0.831. The molecule has 1 unspecified atom stereocenters. The fourth-order valence-corrected chi connectivity index (χ4v) is 3.30. The third-order valence-corrected chi connectivity index (χ3v) is 4.90. The van der Waals surface area contributed by atoms with E-state index in [2.05, 4.69) is 31.7 Å². The largest absolute Gasteiger partial charge is 0.416 e. The fraction of sp³-hybridized carbons (Fsp3) is 0.444. The number of nitrogens with one attached hydrogen (secondary N) is 2. The molecule has 28 heavy (non-hydrogen) atoms. The van der Waals surface area contributed by atoms with E-state index in [-0.39, 0.29) is 17.7 Å². The van der Waals surface area contributed by atoms with Crippen LogP contribution in [0.1, 0.15) is 23.6 Å². The van der Waals surface area contributed by atoms with Gasteiger partial charge in [0, 0.05) is 37.8 Å². The highest BCUT2D eigenvalue weighted by atomic mass is 19.4. The van der Waals surface area contributed by atoms with E-state index >= 15 is 0 Å². The monoisotopic (exact) mass is 389 g/mol. The van der Waals surface area contributed by atoms with Crippen molar-refractivity contribution in [3.63, 3.8) is 0 Å². The molecule has 2 aromatic heterocycles. The standard InChI is InChI=1S/C18H18F3N7/c19-18(20,21)13-2-4-24-15(5-13)26-16-6-14(12-1-3-23-8-12)25-17(27-16)28-9-11(7-22)10-28/h2,4-6,11-12,23H,1,3,8-10H2,(H,24,25,26,27). The van der Waals surface area contributed by atoms with E-state index in [9.17, 15) is 13.2 Å². The molecular weight excluding hydrogens is 371 g/mol. The summed E-state index contributed by atoms with van der Waals surface area (Å²) in [6.45, 7) is 2.77. The first-order valence-electron chi connectivity index (χ1n) is 8.97. The van der Waals surface area contributed by atoms with Crippen LogP contribution in [0.3, 0.4) is 0 Å². The number of hydrogen-bond donors (Lipinski definition) is 2. The van der Waals surface area contributed by atoms with Gasteiger partial charge in [0.2, 0.25) is 5.95 Å². The zero-order valence-electron chi connectivity index (χ0n) is 14.9. The Morgan fingerprint density at radius 1 is 1.21 bits per heavy atom. The molecule has 0 radical (unpaired) electrons. The van der Waals surface area contributed by atoms with Gasteiger partial charge in [0.1, 0.15) is 11.6 Å². The van der Waals surface area contributed by atoms with Crippen LogP contribution in [0.4, 0.5) is 30.8 Å².